The lowest BCUT2D eigenvalue weighted by Crippen LogP contribution is -2.51. The number of piperazine rings is 1. The Bertz CT molecular complexity index is 1450. The van der Waals surface area contributed by atoms with Gasteiger partial charge in [-0.2, -0.15) is 4.99 Å². The highest BCUT2D eigenvalue weighted by Crippen LogP contribution is 2.21. The Hall–Kier alpha value is -4.21. The number of benzene rings is 3. The van der Waals surface area contributed by atoms with Crippen LogP contribution in [0.5, 0.6) is 0 Å². The van der Waals surface area contributed by atoms with Crippen molar-refractivity contribution in [2.45, 2.75) is 13.8 Å². The van der Waals surface area contributed by atoms with Gasteiger partial charge >= 0.3 is 0 Å². The predicted octanol–water partition coefficient (Wildman–Crippen LogP) is 6.48. The maximum Gasteiger partial charge on any atom is 0.229 e. The van der Waals surface area contributed by atoms with Crippen LogP contribution in [-0.4, -0.2) is 52.1 Å². The van der Waals surface area contributed by atoms with Crippen molar-refractivity contribution in [1.29, 1.82) is 0 Å². The zero-order valence-electron chi connectivity index (χ0n) is 22.4. The van der Waals surface area contributed by atoms with Crippen LogP contribution >= 0.6 is 23.8 Å². The minimum Gasteiger partial charge on any atom is -0.368 e. The van der Waals surface area contributed by atoms with Crippen LogP contribution < -0.4 is 20.9 Å². The lowest BCUT2D eigenvalue weighted by molar-refractivity contribution is 0.385. The first-order chi connectivity index (χ1) is 19.4. The van der Waals surface area contributed by atoms with Crippen molar-refractivity contribution in [2.24, 2.45) is 4.99 Å². The maximum atomic E-state index is 6.08. The van der Waals surface area contributed by atoms with Crippen LogP contribution in [0.3, 0.4) is 0 Å². The van der Waals surface area contributed by atoms with E-state index in [4.69, 9.17) is 28.8 Å². The van der Waals surface area contributed by atoms with E-state index < -0.39 is 0 Å². The normalized spacial score (nSPS) is 13.6. The number of hydrogen-bond donors (Lipinski definition) is 3. The van der Waals surface area contributed by atoms with Crippen molar-refractivity contribution in [1.82, 2.24) is 14.9 Å². The average Bonchev–Trinajstić information content (AvgIpc) is 2.94. The molecule has 0 spiro atoms. The molecule has 1 saturated heterocycles. The summed E-state index contributed by atoms with van der Waals surface area (Å²) >= 11 is 11.7. The van der Waals surface area contributed by atoms with Gasteiger partial charge in [-0.25, -0.2) is 9.97 Å². The van der Waals surface area contributed by atoms with Crippen LogP contribution in [0.1, 0.15) is 11.4 Å². The number of para-hydroxylation sites is 1. The Morgan fingerprint density at radius 2 is 1.38 bits per heavy atom. The highest BCUT2D eigenvalue weighted by molar-refractivity contribution is 7.80. The Labute approximate surface area is 245 Å². The van der Waals surface area contributed by atoms with Gasteiger partial charge in [-0.05, 0) is 92.8 Å². The van der Waals surface area contributed by atoms with E-state index in [9.17, 15) is 0 Å². The Kier molecular flexibility index (Phi) is 8.73. The number of aromatic nitrogens is 2. The molecule has 0 unspecified atom stereocenters. The number of halogens is 1. The smallest absolute Gasteiger partial charge is 0.229 e. The van der Waals surface area contributed by atoms with Gasteiger partial charge in [-0.1, -0.05) is 29.8 Å². The molecule has 0 aliphatic carbocycles. The third kappa shape index (κ3) is 7.46. The summed E-state index contributed by atoms with van der Waals surface area (Å²) in [6.07, 6.45) is 0. The van der Waals surface area contributed by atoms with Crippen molar-refractivity contribution in [3.63, 3.8) is 0 Å². The van der Waals surface area contributed by atoms with Crippen LogP contribution in [0.2, 0.25) is 5.02 Å². The van der Waals surface area contributed by atoms with Crippen LogP contribution in [-0.2, 0) is 0 Å². The first-order valence-corrected chi connectivity index (χ1v) is 13.9. The van der Waals surface area contributed by atoms with E-state index in [0.717, 1.165) is 65.3 Å². The number of aryl methyl sites for hydroxylation is 2. The van der Waals surface area contributed by atoms with Gasteiger partial charge in [0, 0.05) is 65.3 Å². The fraction of sp³-hybridized carbons (Fsp3) is 0.200. The first-order valence-electron chi connectivity index (χ1n) is 13.1. The number of guanidine groups is 1. The molecule has 0 amide bonds. The quantitative estimate of drug-likeness (QED) is 0.143. The fourth-order valence-corrected chi connectivity index (χ4v) is 4.79. The molecule has 0 atom stereocenters. The second-order valence-corrected chi connectivity index (χ2v) is 10.3. The highest BCUT2D eigenvalue weighted by Gasteiger charge is 2.22. The van der Waals surface area contributed by atoms with Gasteiger partial charge in [-0.15, -0.1) is 0 Å². The maximum absolute atomic E-state index is 6.08. The third-order valence-electron chi connectivity index (χ3n) is 6.38. The van der Waals surface area contributed by atoms with Gasteiger partial charge in [0.05, 0.1) is 0 Å². The summed E-state index contributed by atoms with van der Waals surface area (Å²) in [5, 5.41) is 11.0. The molecule has 5 rings (SSSR count). The summed E-state index contributed by atoms with van der Waals surface area (Å²) < 4.78 is 0. The SMILES string of the molecule is Cc1cc(C)nc(N/C(=N/C(=S)Nc2ccc(Nc3ccccc3)cc2)N2CCN(c3ccc(Cl)cc3)CC2)n1. The molecular formula is C30H31ClN8S. The number of nitrogens with zero attached hydrogens (tertiary/aromatic N) is 5. The van der Waals surface area contributed by atoms with Gasteiger partial charge < -0.3 is 20.4 Å². The van der Waals surface area contributed by atoms with Crippen molar-refractivity contribution in [3.05, 3.63) is 101 Å². The molecule has 8 nitrogen and oxygen atoms in total. The predicted molar refractivity (Wildman–Crippen MR) is 170 cm³/mol. The van der Waals surface area contributed by atoms with Crippen molar-refractivity contribution >= 4 is 63.6 Å². The van der Waals surface area contributed by atoms with Crippen LogP contribution in [0.15, 0.2) is 89.9 Å². The summed E-state index contributed by atoms with van der Waals surface area (Å²) in [4.78, 5) is 18.4. The number of thiocarbonyl (C=S) groups is 1. The zero-order chi connectivity index (χ0) is 27.9. The molecular weight excluding hydrogens is 540 g/mol. The topological polar surface area (TPSA) is 80.7 Å². The van der Waals surface area contributed by atoms with Crippen molar-refractivity contribution in [3.8, 4) is 0 Å². The lowest BCUT2D eigenvalue weighted by atomic mass is 10.2. The van der Waals surface area contributed by atoms with Crippen LogP contribution in [0.4, 0.5) is 28.7 Å². The third-order valence-corrected chi connectivity index (χ3v) is 6.83. The minimum atomic E-state index is 0.343. The second kappa shape index (κ2) is 12.8. The molecule has 0 bridgehead atoms. The first kappa shape index (κ1) is 27.4. The molecule has 204 valence electrons. The standard InChI is InChI=1S/C30H31ClN8S/c1-21-20-22(2)33-28(32-21)36-29(39-18-16-38(17-19-39)27-14-8-23(31)9-15-27)37-30(40)35-26-12-10-25(11-13-26)34-24-6-4-3-5-7-24/h3-15,20,34H,16-19H2,1-2H3,(H2,32,33,35,36,37,40). The van der Waals surface area contributed by atoms with Crippen molar-refractivity contribution < 1.29 is 0 Å². The number of anilines is 5. The molecule has 1 aliphatic heterocycles. The van der Waals surface area contributed by atoms with Crippen LogP contribution in [0, 0.1) is 13.8 Å². The average molecular weight is 571 g/mol. The summed E-state index contributed by atoms with van der Waals surface area (Å²) in [6.45, 7) is 7.05. The van der Waals surface area contributed by atoms with Gasteiger partial charge in [0.1, 0.15) is 0 Å². The van der Waals surface area contributed by atoms with E-state index in [-0.39, 0.29) is 0 Å². The molecule has 3 N–H and O–H groups in total. The van der Waals surface area contributed by atoms with Crippen molar-refractivity contribution in [2.75, 3.05) is 47.0 Å². The van der Waals surface area contributed by atoms with Gasteiger partial charge in [0.2, 0.25) is 17.0 Å². The number of nitrogens with one attached hydrogen (secondary N) is 3. The number of aliphatic imine (C=N–C) groups is 1. The number of rotatable bonds is 5. The van der Waals surface area contributed by atoms with E-state index in [1.807, 2.05) is 98.8 Å². The Balaban J connectivity index is 1.29. The Morgan fingerprint density at radius 1 is 0.775 bits per heavy atom. The molecule has 4 aromatic rings. The molecule has 0 radical (unpaired) electrons. The molecule has 10 heteroatoms. The molecule has 1 fully saturated rings. The lowest BCUT2D eigenvalue weighted by Gasteiger charge is -2.37. The molecule has 3 aromatic carbocycles. The van der Waals surface area contributed by atoms with E-state index >= 15 is 0 Å². The van der Waals surface area contributed by atoms with E-state index in [1.165, 1.54) is 0 Å². The van der Waals surface area contributed by atoms with E-state index in [2.05, 4.69) is 35.7 Å². The largest absolute Gasteiger partial charge is 0.368 e. The molecule has 1 aromatic heterocycles. The van der Waals surface area contributed by atoms with Gasteiger partial charge in [0.25, 0.3) is 0 Å². The summed E-state index contributed by atoms with van der Waals surface area (Å²) in [7, 11) is 0. The summed E-state index contributed by atoms with van der Waals surface area (Å²) in [5.74, 6) is 1.11. The molecule has 0 saturated carbocycles. The number of hydrogen-bond acceptors (Lipinski definition) is 5. The van der Waals surface area contributed by atoms with Crippen LogP contribution in [0.25, 0.3) is 0 Å². The Morgan fingerprint density at radius 3 is 2.02 bits per heavy atom. The fourth-order valence-electron chi connectivity index (χ4n) is 4.46. The molecule has 40 heavy (non-hydrogen) atoms. The van der Waals surface area contributed by atoms with Gasteiger partial charge in [-0.3, -0.25) is 5.32 Å². The minimum absolute atomic E-state index is 0.343. The van der Waals surface area contributed by atoms with E-state index in [0.29, 0.717) is 17.0 Å². The monoisotopic (exact) mass is 570 g/mol. The van der Waals surface area contributed by atoms with E-state index in [1.54, 1.807) is 0 Å². The molecule has 1 aliphatic rings. The summed E-state index contributed by atoms with van der Waals surface area (Å²) in [6, 6.07) is 27.9. The highest BCUT2D eigenvalue weighted by atomic mass is 35.5. The van der Waals surface area contributed by atoms with Gasteiger partial charge in [0.15, 0.2) is 0 Å². The summed E-state index contributed by atoms with van der Waals surface area (Å²) in [5.41, 5.74) is 5.78. The second-order valence-electron chi connectivity index (χ2n) is 9.48. The zero-order valence-corrected chi connectivity index (χ0v) is 24.0. The molecule has 2 heterocycles.